The molecule has 20 heavy (non-hydrogen) atoms. The second kappa shape index (κ2) is 6.05. The molecule has 108 valence electrons. The highest BCUT2D eigenvalue weighted by molar-refractivity contribution is 5.93. The van der Waals surface area contributed by atoms with Crippen molar-refractivity contribution in [3.05, 3.63) is 29.8 Å². The number of fused-ring (bicyclic) bond motifs is 1. The summed E-state index contributed by atoms with van der Waals surface area (Å²) in [6.07, 6.45) is 1.04. The summed E-state index contributed by atoms with van der Waals surface area (Å²) in [4.78, 5) is 25.3. The lowest BCUT2D eigenvalue weighted by Gasteiger charge is -2.34. The fourth-order valence-electron chi connectivity index (χ4n) is 2.58. The molecule has 1 aromatic rings. The predicted molar refractivity (Wildman–Crippen MR) is 78.2 cm³/mol. The van der Waals surface area contributed by atoms with Crippen molar-refractivity contribution in [1.82, 2.24) is 5.32 Å². The van der Waals surface area contributed by atoms with Crippen LogP contribution in [0.1, 0.15) is 38.3 Å². The molecule has 0 bridgehead atoms. The number of hydrogen-bond donors (Lipinski definition) is 2. The highest BCUT2D eigenvalue weighted by Crippen LogP contribution is 2.33. The number of nitrogens with zero attached hydrogens (tertiary/aromatic N) is 1. The van der Waals surface area contributed by atoms with E-state index in [1.165, 1.54) is 0 Å². The number of rotatable bonds is 3. The van der Waals surface area contributed by atoms with E-state index in [1.807, 2.05) is 31.2 Å². The van der Waals surface area contributed by atoms with Crippen LogP contribution >= 0.6 is 0 Å². The summed E-state index contributed by atoms with van der Waals surface area (Å²) in [6, 6.07) is 7.51. The minimum atomic E-state index is -0.150. The van der Waals surface area contributed by atoms with Crippen LogP contribution in [-0.2, 0) is 9.59 Å². The molecule has 0 saturated heterocycles. The summed E-state index contributed by atoms with van der Waals surface area (Å²) in [5.41, 5.74) is 7.52. The quantitative estimate of drug-likeness (QED) is 0.874. The molecule has 1 heterocycles. The topological polar surface area (TPSA) is 75.4 Å². The lowest BCUT2D eigenvalue weighted by molar-refractivity contribution is -0.122. The first-order chi connectivity index (χ1) is 9.49. The van der Waals surface area contributed by atoms with Crippen LogP contribution in [0.15, 0.2) is 24.3 Å². The predicted octanol–water partition coefficient (Wildman–Crippen LogP) is 1.34. The number of carbonyl (C=O) groups excluding carboxylic acids is 2. The highest BCUT2D eigenvalue weighted by atomic mass is 16.2. The van der Waals surface area contributed by atoms with E-state index < -0.39 is 0 Å². The van der Waals surface area contributed by atoms with E-state index >= 15 is 0 Å². The number of nitrogens with one attached hydrogen (secondary N) is 1. The van der Waals surface area contributed by atoms with Crippen molar-refractivity contribution in [2.24, 2.45) is 5.73 Å². The van der Waals surface area contributed by atoms with Crippen molar-refractivity contribution in [3.8, 4) is 0 Å². The zero-order valence-corrected chi connectivity index (χ0v) is 11.9. The zero-order chi connectivity index (χ0) is 14.7. The third-order valence-corrected chi connectivity index (χ3v) is 3.47. The van der Waals surface area contributed by atoms with Crippen LogP contribution in [0, 0.1) is 0 Å². The van der Waals surface area contributed by atoms with Crippen LogP contribution in [-0.4, -0.2) is 24.4 Å². The van der Waals surface area contributed by atoms with Gasteiger partial charge in [0.05, 0.1) is 6.04 Å². The van der Waals surface area contributed by atoms with Gasteiger partial charge in [0.25, 0.3) is 0 Å². The molecule has 0 fully saturated rings. The summed E-state index contributed by atoms with van der Waals surface area (Å²) in [5, 5.41) is 3.01. The fraction of sp³-hybridized carbons (Fsp3) is 0.467. The summed E-state index contributed by atoms with van der Waals surface area (Å²) in [7, 11) is 0. The molecule has 2 amide bonds. The normalized spacial score (nSPS) is 19.1. The third-order valence-electron chi connectivity index (χ3n) is 3.47. The third kappa shape index (κ3) is 3.17. The van der Waals surface area contributed by atoms with E-state index in [0.29, 0.717) is 13.0 Å². The van der Waals surface area contributed by atoms with Crippen molar-refractivity contribution in [3.63, 3.8) is 0 Å². The lowest BCUT2D eigenvalue weighted by Crippen LogP contribution is -2.41. The Bertz CT molecular complexity index is 514. The first-order valence-corrected chi connectivity index (χ1v) is 6.91. The van der Waals surface area contributed by atoms with E-state index in [2.05, 4.69) is 5.32 Å². The molecular formula is C15H21N3O2. The molecule has 0 aromatic heterocycles. The largest absolute Gasteiger partial charge is 0.349 e. The standard InChI is InChI=1S/C15H21N3O2/c1-10(16)9-15(20)17-13-7-8-18(11(2)19)14-6-4-3-5-12(13)14/h3-6,10,13H,7-9,16H2,1-2H3,(H,17,20). The van der Waals surface area contributed by atoms with Crippen LogP contribution in [0.25, 0.3) is 0 Å². The maximum Gasteiger partial charge on any atom is 0.223 e. The molecule has 0 radical (unpaired) electrons. The van der Waals surface area contributed by atoms with E-state index in [-0.39, 0.29) is 23.9 Å². The maximum atomic E-state index is 11.9. The Balaban J connectivity index is 2.19. The summed E-state index contributed by atoms with van der Waals surface area (Å²) >= 11 is 0. The molecule has 5 heteroatoms. The monoisotopic (exact) mass is 275 g/mol. The SMILES string of the molecule is CC(=O)N1CCC(NC(=O)CC(C)N)c2ccccc21. The maximum absolute atomic E-state index is 11.9. The molecule has 0 saturated carbocycles. The minimum Gasteiger partial charge on any atom is -0.349 e. The van der Waals surface area contributed by atoms with Gasteiger partial charge in [0.15, 0.2) is 0 Å². The number of para-hydroxylation sites is 1. The Hall–Kier alpha value is -1.88. The second-order valence-corrected chi connectivity index (χ2v) is 5.32. The fourth-order valence-corrected chi connectivity index (χ4v) is 2.58. The van der Waals surface area contributed by atoms with Gasteiger partial charge in [0, 0.05) is 31.6 Å². The summed E-state index contributed by atoms with van der Waals surface area (Å²) in [6.45, 7) is 3.99. The molecule has 5 nitrogen and oxygen atoms in total. The van der Waals surface area contributed by atoms with Crippen molar-refractivity contribution in [2.75, 3.05) is 11.4 Å². The Kier molecular flexibility index (Phi) is 4.39. The number of hydrogen-bond acceptors (Lipinski definition) is 3. The molecule has 3 N–H and O–H groups in total. The molecule has 2 unspecified atom stereocenters. The number of benzene rings is 1. The lowest BCUT2D eigenvalue weighted by atomic mass is 9.96. The Morgan fingerprint density at radius 3 is 2.80 bits per heavy atom. The number of anilines is 1. The molecule has 2 atom stereocenters. The van der Waals surface area contributed by atoms with E-state index in [9.17, 15) is 9.59 Å². The van der Waals surface area contributed by atoms with Crippen molar-refractivity contribution >= 4 is 17.5 Å². The van der Waals surface area contributed by atoms with Crippen molar-refractivity contribution in [1.29, 1.82) is 0 Å². The second-order valence-electron chi connectivity index (χ2n) is 5.32. The van der Waals surface area contributed by atoms with Gasteiger partial charge < -0.3 is 16.0 Å². The van der Waals surface area contributed by atoms with Crippen LogP contribution in [0.4, 0.5) is 5.69 Å². The van der Waals surface area contributed by atoms with Gasteiger partial charge in [-0.3, -0.25) is 9.59 Å². The van der Waals surface area contributed by atoms with Gasteiger partial charge >= 0.3 is 0 Å². The molecule has 1 aromatic carbocycles. The number of nitrogens with two attached hydrogens (primary N) is 1. The molecule has 0 spiro atoms. The van der Waals surface area contributed by atoms with Crippen LogP contribution in [0.3, 0.4) is 0 Å². The Labute approximate surface area is 119 Å². The summed E-state index contributed by atoms with van der Waals surface area (Å²) in [5.74, 6) is -0.0196. The van der Waals surface area contributed by atoms with Crippen LogP contribution in [0.2, 0.25) is 0 Å². The van der Waals surface area contributed by atoms with Gasteiger partial charge in [-0.25, -0.2) is 0 Å². The van der Waals surface area contributed by atoms with Crippen molar-refractivity contribution in [2.45, 2.75) is 38.8 Å². The van der Waals surface area contributed by atoms with Gasteiger partial charge in [-0.15, -0.1) is 0 Å². The van der Waals surface area contributed by atoms with Crippen LogP contribution in [0.5, 0.6) is 0 Å². The molecular weight excluding hydrogens is 254 g/mol. The first-order valence-electron chi connectivity index (χ1n) is 6.91. The Morgan fingerprint density at radius 2 is 2.15 bits per heavy atom. The van der Waals surface area contributed by atoms with Crippen molar-refractivity contribution < 1.29 is 9.59 Å². The molecule has 1 aliphatic rings. The zero-order valence-electron chi connectivity index (χ0n) is 11.9. The molecule has 1 aliphatic heterocycles. The molecule has 2 rings (SSSR count). The average Bonchev–Trinajstić information content (AvgIpc) is 2.37. The van der Waals surface area contributed by atoms with Crippen LogP contribution < -0.4 is 16.0 Å². The number of amides is 2. The van der Waals surface area contributed by atoms with Gasteiger partial charge in [0.1, 0.15) is 0 Å². The Morgan fingerprint density at radius 1 is 1.45 bits per heavy atom. The van der Waals surface area contributed by atoms with E-state index in [0.717, 1.165) is 17.7 Å². The van der Waals surface area contributed by atoms with Gasteiger partial charge in [-0.1, -0.05) is 18.2 Å². The smallest absolute Gasteiger partial charge is 0.223 e. The highest BCUT2D eigenvalue weighted by Gasteiger charge is 2.27. The number of carbonyl (C=O) groups is 2. The van der Waals surface area contributed by atoms with Gasteiger partial charge in [0.2, 0.25) is 11.8 Å². The summed E-state index contributed by atoms with van der Waals surface area (Å²) < 4.78 is 0. The van der Waals surface area contributed by atoms with Gasteiger partial charge in [-0.2, -0.15) is 0 Å². The van der Waals surface area contributed by atoms with E-state index in [4.69, 9.17) is 5.73 Å². The average molecular weight is 275 g/mol. The van der Waals surface area contributed by atoms with Gasteiger partial charge in [-0.05, 0) is 25.0 Å². The molecule has 0 aliphatic carbocycles. The minimum absolute atomic E-state index is 0.0257. The first kappa shape index (κ1) is 14.5. The van der Waals surface area contributed by atoms with E-state index in [1.54, 1.807) is 11.8 Å².